The van der Waals surface area contributed by atoms with Crippen LogP contribution in [0.5, 0.6) is 0 Å². The number of aromatic nitrogens is 2. The molecule has 1 fully saturated rings. The molecule has 0 aromatic carbocycles. The first-order valence-corrected chi connectivity index (χ1v) is 6.84. The Hall–Kier alpha value is -0.390. The Bertz CT molecular complexity index is 391. The molecule has 94 valence electrons. The van der Waals surface area contributed by atoms with Crippen LogP contribution in [0.3, 0.4) is 0 Å². The van der Waals surface area contributed by atoms with Gasteiger partial charge in [0.1, 0.15) is 5.82 Å². The minimum absolute atomic E-state index is 0.304. The first kappa shape index (κ1) is 13.1. The molecule has 0 spiro atoms. The summed E-state index contributed by atoms with van der Waals surface area (Å²) in [7, 11) is 4.27. The van der Waals surface area contributed by atoms with Crippen molar-refractivity contribution in [2.45, 2.75) is 18.9 Å². The van der Waals surface area contributed by atoms with E-state index in [-0.39, 0.29) is 0 Å². The largest absolute Gasteiger partial charge is 0.355 e. The highest BCUT2D eigenvalue weighted by Gasteiger charge is 2.22. The normalized spacial score (nSPS) is 17.8. The molecule has 0 atom stereocenters. The summed E-state index contributed by atoms with van der Waals surface area (Å²) in [6.45, 7) is 2.02. The van der Waals surface area contributed by atoms with Crippen LogP contribution in [0.1, 0.15) is 12.8 Å². The monoisotopic (exact) mass is 318 g/mol. The van der Waals surface area contributed by atoms with E-state index in [9.17, 15) is 0 Å². The smallest absolute Gasteiger partial charge is 0.224 e. The lowest BCUT2D eigenvalue weighted by atomic mass is 10.0. The highest BCUT2D eigenvalue weighted by Crippen LogP contribution is 2.27. The van der Waals surface area contributed by atoms with Crippen LogP contribution in [-0.2, 0) is 0 Å². The topological polar surface area (TPSA) is 32.3 Å². The van der Waals surface area contributed by atoms with Gasteiger partial charge in [0.15, 0.2) is 0 Å². The number of anilines is 1. The van der Waals surface area contributed by atoms with E-state index in [1.807, 2.05) is 0 Å². The number of halogens is 2. The van der Waals surface area contributed by atoms with Crippen molar-refractivity contribution in [3.63, 3.8) is 0 Å². The molecule has 2 heterocycles. The highest BCUT2D eigenvalue weighted by molar-refractivity contribution is 9.10. The molecule has 0 radical (unpaired) electrons. The Labute approximate surface area is 115 Å². The van der Waals surface area contributed by atoms with Crippen molar-refractivity contribution >= 4 is 33.3 Å². The van der Waals surface area contributed by atoms with Crippen LogP contribution in [0.4, 0.5) is 5.82 Å². The van der Waals surface area contributed by atoms with E-state index in [1.165, 1.54) is 0 Å². The van der Waals surface area contributed by atoms with Crippen LogP contribution in [0.2, 0.25) is 5.28 Å². The summed E-state index contributed by atoms with van der Waals surface area (Å²) in [6, 6.07) is 0.669. The minimum atomic E-state index is 0.304. The molecule has 0 unspecified atom stereocenters. The van der Waals surface area contributed by atoms with Crippen molar-refractivity contribution in [3.8, 4) is 0 Å². The SMILES string of the molecule is CN(C)C1CCN(c2nc(Cl)ncc2Br)CC1. The fourth-order valence-corrected chi connectivity index (χ4v) is 2.72. The molecular formula is C11H16BrClN4. The first-order valence-electron chi connectivity index (χ1n) is 5.67. The van der Waals surface area contributed by atoms with E-state index in [2.05, 4.69) is 49.8 Å². The van der Waals surface area contributed by atoms with Crippen LogP contribution >= 0.6 is 27.5 Å². The van der Waals surface area contributed by atoms with E-state index in [4.69, 9.17) is 11.6 Å². The molecule has 1 aromatic heterocycles. The summed E-state index contributed by atoms with van der Waals surface area (Å²) >= 11 is 9.31. The van der Waals surface area contributed by atoms with Gasteiger partial charge in [-0.05, 0) is 54.5 Å². The standard InChI is InChI=1S/C11H16BrClN4/c1-16(2)8-3-5-17(6-4-8)10-9(12)7-14-11(13)15-10/h7-8H,3-6H2,1-2H3. The van der Waals surface area contributed by atoms with E-state index in [0.717, 1.165) is 36.2 Å². The molecule has 4 nitrogen and oxygen atoms in total. The Morgan fingerprint density at radius 1 is 1.41 bits per heavy atom. The molecule has 1 aromatic rings. The van der Waals surface area contributed by atoms with E-state index in [0.29, 0.717) is 11.3 Å². The zero-order chi connectivity index (χ0) is 12.4. The van der Waals surface area contributed by atoms with Crippen molar-refractivity contribution in [2.75, 3.05) is 32.1 Å². The molecule has 0 aliphatic carbocycles. The van der Waals surface area contributed by atoms with Gasteiger partial charge in [-0.1, -0.05) is 0 Å². The average Bonchev–Trinajstić information content (AvgIpc) is 2.32. The number of rotatable bonds is 2. The molecule has 6 heteroatoms. The third kappa shape index (κ3) is 3.09. The van der Waals surface area contributed by atoms with Crippen molar-refractivity contribution < 1.29 is 0 Å². The van der Waals surface area contributed by atoms with Gasteiger partial charge in [0.05, 0.1) is 4.47 Å². The molecule has 0 saturated carbocycles. The van der Waals surface area contributed by atoms with Crippen molar-refractivity contribution in [2.24, 2.45) is 0 Å². The average molecular weight is 320 g/mol. The number of hydrogen-bond donors (Lipinski definition) is 0. The summed E-state index contributed by atoms with van der Waals surface area (Å²) in [5.41, 5.74) is 0. The van der Waals surface area contributed by atoms with E-state index < -0.39 is 0 Å². The molecule has 1 aliphatic rings. The van der Waals surface area contributed by atoms with Crippen molar-refractivity contribution in [1.29, 1.82) is 0 Å². The third-order valence-corrected chi connectivity index (χ3v) is 3.93. The summed E-state index contributed by atoms with van der Waals surface area (Å²) in [4.78, 5) is 12.8. The molecule has 0 bridgehead atoms. The number of hydrogen-bond acceptors (Lipinski definition) is 4. The summed E-state index contributed by atoms with van der Waals surface area (Å²) < 4.78 is 0.908. The van der Waals surface area contributed by atoms with Gasteiger partial charge >= 0.3 is 0 Å². The maximum atomic E-state index is 5.84. The Morgan fingerprint density at radius 3 is 2.65 bits per heavy atom. The predicted octanol–water partition coefficient (Wildman–Crippen LogP) is 2.42. The van der Waals surface area contributed by atoms with Crippen LogP contribution in [0, 0.1) is 0 Å². The molecule has 0 amide bonds. The second-order valence-electron chi connectivity index (χ2n) is 4.49. The van der Waals surface area contributed by atoms with E-state index in [1.54, 1.807) is 6.20 Å². The summed E-state index contributed by atoms with van der Waals surface area (Å²) in [5, 5.41) is 0.304. The van der Waals surface area contributed by atoms with Gasteiger partial charge in [-0.3, -0.25) is 0 Å². The molecule has 1 aliphatic heterocycles. The van der Waals surface area contributed by atoms with Gasteiger partial charge < -0.3 is 9.80 Å². The Morgan fingerprint density at radius 2 is 2.06 bits per heavy atom. The van der Waals surface area contributed by atoms with Gasteiger partial charge in [-0.15, -0.1) is 0 Å². The van der Waals surface area contributed by atoms with Gasteiger partial charge in [0, 0.05) is 25.3 Å². The lowest BCUT2D eigenvalue weighted by Crippen LogP contribution is -2.42. The fourth-order valence-electron chi connectivity index (χ4n) is 2.15. The Kier molecular flexibility index (Phi) is 4.22. The van der Waals surface area contributed by atoms with Crippen molar-refractivity contribution in [1.82, 2.24) is 14.9 Å². The second kappa shape index (κ2) is 5.50. The van der Waals surface area contributed by atoms with Crippen LogP contribution < -0.4 is 4.90 Å². The fraction of sp³-hybridized carbons (Fsp3) is 0.636. The quantitative estimate of drug-likeness (QED) is 0.784. The van der Waals surface area contributed by atoms with Crippen LogP contribution in [0.25, 0.3) is 0 Å². The lowest BCUT2D eigenvalue weighted by molar-refractivity contribution is 0.249. The molecule has 2 rings (SSSR count). The van der Waals surface area contributed by atoms with Gasteiger partial charge in [-0.2, -0.15) is 4.98 Å². The third-order valence-electron chi connectivity index (χ3n) is 3.19. The maximum Gasteiger partial charge on any atom is 0.224 e. The molecule has 0 N–H and O–H groups in total. The number of piperidine rings is 1. The zero-order valence-corrected chi connectivity index (χ0v) is 12.4. The zero-order valence-electron chi connectivity index (χ0n) is 10.0. The van der Waals surface area contributed by atoms with Gasteiger partial charge in [0.25, 0.3) is 0 Å². The molecular weight excluding hydrogens is 304 g/mol. The predicted molar refractivity (Wildman–Crippen MR) is 73.7 cm³/mol. The number of nitrogens with zero attached hydrogens (tertiary/aromatic N) is 4. The van der Waals surface area contributed by atoms with Crippen LogP contribution in [0.15, 0.2) is 10.7 Å². The molecule has 17 heavy (non-hydrogen) atoms. The molecule has 1 saturated heterocycles. The summed E-state index contributed by atoms with van der Waals surface area (Å²) in [5.74, 6) is 0.905. The lowest BCUT2D eigenvalue weighted by Gasteiger charge is -2.36. The van der Waals surface area contributed by atoms with Gasteiger partial charge in [-0.25, -0.2) is 4.98 Å². The first-order chi connectivity index (χ1) is 8.08. The minimum Gasteiger partial charge on any atom is -0.355 e. The summed E-state index contributed by atoms with van der Waals surface area (Å²) in [6.07, 6.45) is 4.02. The van der Waals surface area contributed by atoms with E-state index >= 15 is 0 Å². The Balaban J connectivity index is 2.07. The van der Waals surface area contributed by atoms with Gasteiger partial charge in [0.2, 0.25) is 5.28 Å². The second-order valence-corrected chi connectivity index (χ2v) is 5.68. The highest BCUT2D eigenvalue weighted by atomic mass is 79.9. The van der Waals surface area contributed by atoms with Crippen LogP contribution in [-0.4, -0.2) is 48.1 Å². The maximum absolute atomic E-state index is 5.84. The van der Waals surface area contributed by atoms with Crippen molar-refractivity contribution in [3.05, 3.63) is 16.0 Å².